The first-order chi connectivity index (χ1) is 8.24. The van der Waals surface area contributed by atoms with E-state index in [1.54, 1.807) is 0 Å². The molecule has 4 nitrogen and oxygen atoms in total. The highest BCUT2D eigenvalue weighted by Crippen LogP contribution is 2.48. The number of piperazine rings is 1. The van der Waals surface area contributed by atoms with Crippen molar-refractivity contribution in [3.63, 3.8) is 0 Å². The fourth-order valence-electron chi connectivity index (χ4n) is 4.11. The molecule has 4 unspecified atom stereocenters. The predicted molar refractivity (Wildman–Crippen MR) is 64.8 cm³/mol. The van der Waals surface area contributed by atoms with Crippen LogP contribution < -0.4 is 5.32 Å². The van der Waals surface area contributed by atoms with Crippen LogP contribution in [0.15, 0.2) is 0 Å². The average molecular weight is 238 g/mol. The van der Waals surface area contributed by atoms with Crippen molar-refractivity contribution in [3.05, 3.63) is 0 Å². The number of fused-ring (bicyclic) bond motifs is 2. The maximum atomic E-state index is 11.2. The van der Waals surface area contributed by atoms with Gasteiger partial charge in [0, 0.05) is 26.2 Å². The third-order valence-corrected chi connectivity index (χ3v) is 4.99. The van der Waals surface area contributed by atoms with E-state index in [1.165, 1.54) is 25.7 Å². The molecule has 0 aromatic rings. The van der Waals surface area contributed by atoms with Gasteiger partial charge in [-0.15, -0.1) is 0 Å². The fraction of sp³-hybridized carbons (Fsp3) is 0.923. The summed E-state index contributed by atoms with van der Waals surface area (Å²) in [6.45, 7) is 3.45. The Morgan fingerprint density at radius 2 is 2.24 bits per heavy atom. The zero-order valence-corrected chi connectivity index (χ0v) is 10.3. The first kappa shape index (κ1) is 11.5. The summed E-state index contributed by atoms with van der Waals surface area (Å²) in [6, 6.07) is -0.303. The SMILES string of the molecule is O=C(O)C1CNCCN1CC1CC2CCC1C2. The van der Waals surface area contributed by atoms with E-state index >= 15 is 0 Å². The summed E-state index contributed by atoms with van der Waals surface area (Å²) in [6.07, 6.45) is 5.57. The summed E-state index contributed by atoms with van der Waals surface area (Å²) >= 11 is 0. The van der Waals surface area contributed by atoms with E-state index in [0.717, 1.165) is 37.4 Å². The van der Waals surface area contributed by atoms with Crippen molar-refractivity contribution in [2.75, 3.05) is 26.2 Å². The summed E-state index contributed by atoms with van der Waals surface area (Å²) in [5.41, 5.74) is 0. The van der Waals surface area contributed by atoms with Gasteiger partial charge in [-0.05, 0) is 37.0 Å². The predicted octanol–water partition coefficient (Wildman–Crippen LogP) is 0.781. The number of hydrogen-bond donors (Lipinski definition) is 2. The molecular weight excluding hydrogens is 216 g/mol. The molecule has 2 aliphatic carbocycles. The highest BCUT2D eigenvalue weighted by atomic mass is 16.4. The minimum atomic E-state index is -0.666. The molecule has 2 saturated carbocycles. The van der Waals surface area contributed by atoms with Crippen molar-refractivity contribution < 1.29 is 9.90 Å². The van der Waals surface area contributed by atoms with E-state index in [9.17, 15) is 9.90 Å². The van der Waals surface area contributed by atoms with Gasteiger partial charge in [-0.3, -0.25) is 9.69 Å². The number of aliphatic carboxylic acids is 1. The topological polar surface area (TPSA) is 52.6 Å². The van der Waals surface area contributed by atoms with E-state index in [0.29, 0.717) is 6.54 Å². The molecule has 96 valence electrons. The molecule has 4 heteroatoms. The van der Waals surface area contributed by atoms with Gasteiger partial charge in [0.15, 0.2) is 0 Å². The summed E-state index contributed by atoms with van der Waals surface area (Å²) in [7, 11) is 0. The molecule has 17 heavy (non-hydrogen) atoms. The number of nitrogens with one attached hydrogen (secondary N) is 1. The normalized spacial score (nSPS) is 41.9. The van der Waals surface area contributed by atoms with Crippen LogP contribution in [-0.2, 0) is 4.79 Å². The van der Waals surface area contributed by atoms with Crippen molar-refractivity contribution in [3.8, 4) is 0 Å². The Labute approximate surface area is 102 Å². The zero-order chi connectivity index (χ0) is 11.8. The highest BCUT2D eigenvalue weighted by molar-refractivity contribution is 5.74. The first-order valence-electron chi connectivity index (χ1n) is 6.91. The molecule has 2 N–H and O–H groups in total. The molecule has 4 atom stereocenters. The number of rotatable bonds is 3. The summed E-state index contributed by atoms with van der Waals surface area (Å²) in [5.74, 6) is 1.95. The second-order valence-corrected chi connectivity index (χ2v) is 5.99. The molecule has 1 heterocycles. The largest absolute Gasteiger partial charge is 0.480 e. The van der Waals surface area contributed by atoms with Gasteiger partial charge < -0.3 is 10.4 Å². The molecule has 3 fully saturated rings. The Hall–Kier alpha value is -0.610. The second kappa shape index (κ2) is 4.58. The molecule has 0 radical (unpaired) electrons. The molecule has 1 aliphatic heterocycles. The van der Waals surface area contributed by atoms with Gasteiger partial charge in [-0.25, -0.2) is 0 Å². The maximum Gasteiger partial charge on any atom is 0.322 e. The van der Waals surface area contributed by atoms with Crippen molar-refractivity contribution in [1.29, 1.82) is 0 Å². The van der Waals surface area contributed by atoms with E-state index in [2.05, 4.69) is 10.2 Å². The maximum absolute atomic E-state index is 11.2. The highest BCUT2D eigenvalue weighted by Gasteiger charge is 2.41. The molecule has 0 spiro atoms. The van der Waals surface area contributed by atoms with Crippen LogP contribution in [0.1, 0.15) is 25.7 Å². The van der Waals surface area contributed by atoms with Gasteiger partial charge in [0.05, 0.1) is 0 Å². The molecule has 1 saturated heterocycles. The van der Waals surface area contributed by atoms with E-state index in [4.69, 9.17) is 0 Å². The van der Waals surface area contributed by atoms with Crippen molar-refractivity contribution in [1.82, 2.24) is 10.2 Å². The molecule has 0 aromatic carbocycles. The summed E-state index contributed by atoms with van der Waals surface area (Å²) in [5, 5.41) is 12.4. The molecule has 3 aliphatic rings. The standard InChI is InChI=1S/C13H22N2O2/c16-13(17)12-7-14-3-4-15(12)8-11-6-9-1-2-10(11)5-9/h9-12,14H,1-8H2,(H,16,17). The van der Waals surface area contributed by atoms with Gasteiger partial charge in [0.2, 0.25) is 0 Å². The van der Waals surface area contributed by atoms with Crippen LogP contribution in [-0.4, -0.2) is 48.2 Å². The second-order valence-electron chi connectivity index (χ2n) is 5.99. The van der Waals surface area contributed by atoms with Gasteiger partial charge >= 0.3 is 5.97 Å². The third-order valence-electron chi connectivity index (χ3n) is 4.99. The number of carboxylic acids is 1. The monoisotopic (exact) mass is 238 g/mol. The number of nitrogens with zero attached hydrogens (tertiary/aromatic N) is 1. The summed E-state index contributed by atoms with van der Waals surface area (Å²) in [4.78, 5) is 13.4. The Morgan fingerprint density at radius 3 is 2.88 bits per heavy atom. The number of carbonyl (C=O) groups is 1. The van der Waals surface area contributed by atoms with Crippen molar-refractivity contribution in [2.45, 2.75) is 31.7 Å². The van der Waals surface area contributed by atoms with E-state index in [-0.39, 0.29) is 6.04 Å². The van der Waals surface area contributed by atoms with E-state index in [1.807, 2.05) is 0 Å². The van der Waals surface area contributed by atoms with Crippen LogP contribution in [0.3, 0.4) is 0 Å². The zero-order valence-electron chi connectivity index (χ0n) is 10.3. The van der Waals surface area contributed by atoms with Crippen LogP contribution >= 0.6 is 0 Å². The number of hydrogen-bond acceptors (Lipinski definition) is 3. The van der Waals surface area contributed by atoms with Gasteiger partial charge in [-0.1, -0.05) is 6.42 Å². The Kier molecular flexibility index (Phi) is 3.09. The van der Waals surface area contributed by atoms with Crippen LogP contribution in [0.25, 0.3) is 0 Å². The van der Waals surface area contributed by atoms with Gasteiger partial charge in [0.25, 0.3) is 0 Å². The Balaban J connectivity index is 1.61. The molecule has 0 aromatic heterocycles. The van der Waals surface area contributed by atoms with Gasteiger partial charge in [-0.2, -0.15) is 0 Å². The molecule has 3 rings (SSSR count). The minimum absolute atomic E-state index is 0.303. The van der Waals surface area contributed by atoms with Crippen LogP contribution in [0.4, 0.5) is 0 Å². The van der Waals surface area contributed by atoms with Crippen molar-refractivity contribution >= 4 is 5.97 Å². The lowest BCUT2D eigenvalue weighted by Crippen LogP contribution is -2.56. The Morgan fingerprint density at radius 1 is 1.35 bits per heavy atom. The third kappa shape index (κ3) is 2.20. The summed E-state index contributed by atoms with van der Waals surface area (Å²) < 4.78 is 0. The van der Waals surface area contributed by atoms with Crippen LogP contribution in [0, 0.1) is 17.8 Å². The average Bonchev–Trinajstić information content (AvgIpc) is 2.91. The lowest BCUT2D eigenvalue weighted by molar-refractivity contribution is -0.144. The first-order valence-corrected chi connectivity index (χ1v) is 6.91. The lowest BCUT2D eigenvalue weighted by atomic mass is 9.88. The fourth-order valence-corrected chi connectivity index (χ4v) is 4.11. The van der Waals surface area contributed by atoms with E-state index < -0.39 is 5.97 Å². The minimum Gasteiger partial charge on any atom is -0.480 e. The molecular formula is C13H22N2O2. The Bertz CT molecular complexity index is 308. The van der Waals surface area contributed by atoms with Crippen molar-refractivity contribution in [2.24, 2.45) is 17.8 Å². The van der Waals surface area contributed by atoms with Crippen LogP contribution in [0.2, 0.25) is 0 Å². The quantitative estimate of drug-likeness (QED) is 0.763. The molecule has 0 amide bonds. The number of carboxylic acid groups (broad SMARTS) is 1. The molecule has 2 bridgehead atoms. The lowest BCUT2D eigenvalue weighted by Gasteiger charge is -2.37. The van der Waals surface area contributed by atoms with Crippen LogP contribution in [0.5, 0.6) is 0 Å². The van der Waals surface area contributed by atoms with Gasteiger partial charge in [0.1, 0.15) is 6.04 Å². The smallest absolute Gasteiger partial charge is 0.322 e.